The molecule has 0 atom stereocenters. The number of imidazole rings is 1. The van der Waals surface area contributed by atoms with Gasteiger partial charge >= 0.3 is 6.03 Å². The Balaban J connectivity index is 1.41. The molecular formula is C14H14N4O2S. The van der Waals surface area contributed by atoms with Crippen molar-refractivity contribution in [3.63, 3.8) is 0 Å². The van der Waals surface area contributed by atoms with E-state index in [1.54, 1.807) is 11.3 Å². The van der Waals surface area contributed by atoms with Gasteiger partial charge in [-0.3, -0.25) is 9.24 Å². The minimum absolute atomic E-state index is 0.328. The molecule has 7 heteroatoms. The molecule has 2 aromatic heterocycles. The molecule has 1 aromatic carbocycles. The molecule has 0 radical (unpaired) electrons. The molecule has 108 valence electrons. The Morgan fingerprint density at radius 1 is 1.33 bits per heavy atom. The van der Waals surface area contributed by atoms with Crippen LogP contribution in [-0.2, 0) is 18.0 Å². The number of nitrogens with one attached hydrogen (secondary N) is 2. The number of nitrogens with zero attached hydrogens (tertiary/aromatic N) is 2. The predicted octanol–water partition coefficient (Wildman–Crippen LogP) is 2.33. The number of carbonyl (C=O) groups is 1. The van der Waals surface area contributed by atoms with Gasteiger partial charge in [-0.15, -0.1) is 11.3 Å². The van der Waals surface area contributed by atoms with E-state index in [0.29, 0.717) is 13.2 Å². The van der Waals surface area contributed by atoms with Crippen LogP contribution in [0, 0.1) is 0 Å². The molecular weight excluding hydrogens is 288 g/mol. The molecule has 6 nitrogen and oxygen atoms in total. The summed E-state index contributed by atoms with van der Waals surface area (Å²) in [5.41, 5.74) is 4.15. The Labute approximate surface area is 125 Å². The molecule has 0 aliphatic heterocycles. The highest BCUT2D eigenvalue weighted by molar-refractivity contribution is 7.15. The SMILES string of the molecule is O=C(NCc1cn2ccsc2n1)NOCc1ccccc1. The number of thiazole rings is 1. The Morgan fingerprint density at radius 3 is 3.00 bits per heavy atom. The molecule has 2 N–H and O–H groups in total. The number of benzene rings is 1. The van der Waals surface area contributed by atoms with Crippen LogP contribution in [0.4, 0.5) is 4.79 Å². The molecule has 0 saturated carbocycles. The third-order valence-corrected chi connectivity index (χ3v) is 3.59. The summed E-state index contributed by atoms with van der Waals surface area (Å²) in [6, 6.07) is 9.24. The molecule has 21 heavy (non-hydrogen) atoms. The summed E-state index contributed by atoms with van der Waals surface area (Å²) in [6.45, 7) is 0.684. The topological polar surface area (TPSA) is 67.7 Å². The van der Waals surface area contributed by atoms with Gasteiger partial charge in [-0.05, 0) is 5.56 Å². The van der Waals surface area contributed by atoms with Crippen molar-refractivity contribution in [1.82, 2.24) is 20.2 Å². The first-order chi connectivity index (χ1) is 10.3. The van der Waals surface area contributed by atoms with Crippen LogP contribution >= 0.6 is 11.3 Å². The Kier molecular flexibility index (Phi) is 4.13. The smallest absolute Gasteiger partial charge is 0.331 e. The lowest BCUT2D eigenvalue weighted by molar-refractivity contribution is 0.0489. The van der Waals surface area contributed by atoms with E-state index in [9.17, 15) is 4.79 Å². The zero-order chi connectivity index (χ0) is 14.5. The summed E-state index contributed by atoms with van der Waals surface area (Å²) < 4.78 is 1.92. The van der Waals surface area contributed by atoms with E-state index in [-0.39, 0.29) is 6.03 Å². The largest absolute Gasteiger partial charge is 0.339 e. The fourth-order valence-corrected chi connectivity index (χ4v) is 2.55. The predicted molar refractivity (Wildman–Crippen MR) is 79.7 cm³/mol. The highest BCUT2D eigenvalue weighted by atomic mass is 32.1. The average molecular weight is 302 g/mol. The van der Waals surface area contributed by atoms with Crippen molar-refractivity contribution >= 4 is 22.3 Å². The second kappa shape index (κ2) is 6.38. The number of fused-ring (bicyclic) bond motifs is 1. The van der Waals surface area contributed by atoms with Crippen LogP contribution in [0.1, 0.15) is 11.3 Å². The minimum atomic E-state index is -0.387. The van der Waals surface area contributed by atoms with Gasteiger partial charge in [0.05, 0.1) is 18.8 Å². The van der Waals surface area contributed by atoms with E-state index < -0.39 is 0 Å². The maximum absolute atomic E-state index is 11.6. The zero-order valence-electron chi connectivity index (χ0n) is 11.2. The maximum Gasteiger partial charge on any atom is 0.339 e. The highest BCUT2D eigenvalue weighted by Gasteiger charge is 2.05. The Hall–Kier alpha value is -2.38. The number of urea groups is 1. The van der Waals surface area contributed by atoms with Crippen LogP contribution in [0.25, 0.3) is 4.96 Å². The number of hydrogen-bond donors (Lipinski definition) is 2. The first-order valence-corrected chi connectivity index (χ1v) is 7.30. The molecule has 0 spiro atoms. The number of hydrogen-bond acceptors (Lipinski definition) is 4. The molecule has 3 aromatic rings. The third kappa shape index (κ3) is 3.59. The molecule has 0 unspecified atom stereocenters. The van der Waals surface area contributed by atoms with E-state index in [4.69, 9.17) is 4.84 Å². The Bertz CT molecular complexity index is 694. The summed E-state index contributed by atoms with van der Waals surface area (Å²) in [4.78, 5) is 22.0. The number of rotatable bonds is 5. The molecule has 2 heterocycles. The van der Waals surface area contributed by atoms with Crippen molar-refractivity contribution in [2.75, 3.05) is 0 Å². The van der Waals surface area contributed by atoms with Crippen LogP contribution in [-0.4, -0.2) is 15.4 Å². The Morgan fingerprint density at radius 2 is 2.19 bits per heavy atom. The molecule has 0 aliphatic rings. The fourth-order valence-electron chi connectivity index (χ4n) is 1.83. The van der Waals surface area contributed by atoms with Crippen molar-refractivity contribution in [1.29, 1.82) is 0 Å². The lowest BCUT2D eigenvalue weighted by Crippen LogP contribution is -2.35. The third-order valence-electron chi connectivity index (χ3n) is 2.82. The second-order valence-corrected chi connectivity index (χ2v) is 5.26. The van der Waals surface area contributed by atoms with Crippen LogP contribution in [0.2, 0.25) is 0 Å². The molecule has 0 aliphatic carbocycles. The zero-order valence-corrected chi connectivity index (χ0v) is 12.0. The van der Waals surface area contributed by atoms with E-state index in [0.717, 1.165) is 16.2 Å². The molecule has 0 fully saturated rings. The lowest BCUT2D eigenvalue weighted by Gasteiger charge is -2.06. The first kappa shape index (κ1) is 13.6. The van der Waals surface area contributed by atoms with Crippen molar-refractivity contribution < 1.29 is 9.63 Å². The number of carbonyl (C=O) groups excluding carboxylic acids is 1. The van der Waals surface area contributed by atoms with Crippen molar-refractivity contribution in [2.24, 2.45) is 0 Å². The van der Waals surface area contributed by atoms with Gasteiger partial charge in [-0.2, -0.15) is 0 Å². The normalized spacial score (nSPS) is 10.7. The van der Waals surface area contributed by atoms with Gasteiger partial charge in [-0.1, -0.05) is 30.3 Å². The van der Waals surface area contributed by atoms with Crippen molar-refractivity contribution in [3.05, 3.63) is 59.4 Å². The van der Waals surface area contributed by atoms with Gasteiger partial charge in [0.25, 0.3) is 0 Å². The van der Waals surface area contributed by atoms with Crippen LogP contribution in [0.5, 0.6) is 0 Å². The van der Waals surface area contributed by atoms with E-state index >= 15 is 0 Å². The number of hydroxylamine groups is 1. The fraction of sp³-hybridized carbons (Fsp3) is 0.143. The second-order valence-electron chi connectivity index (χ2n) is 4.38. The van der Waals surface area contributed by atoms with Crippen LogP contribution in [0.3, 0.4) is 0 Å². The molecule has 0 bridgehead atoms. The van der Waals surface area contributed by atoms with Gasteiger partial charge in [-0.25, -0.2) is 15.3 Å². The van der Waals surface area contributed by atoms with Crippen LogP contribution in [0.15, 0.2) is 48.1 Å². The summed E-state index contributed by atoms with van der Waals surface area (Å²) in [5.74, 6) is 0. The summed E-state index contributed by atoms with van der Waals surface area (Å²) in [5, 5.41) is 4.65. The number of aromatic nitrogens is 2. The monoisotopic (exact) mass is 302 g/mol. The minimum Gasteiger partial charge on any atom is -0.331 e. The maximum atomic E-state index is 11.6. The van der Waals surface area contributed by atoms with Crippen LogP contribution < -0.4 is 10.8 Å². The average Bonchev–Trinajstić information content (AvgIpc) is 3.07. The summed E-state index contributed by atoms with van der Waals surface area (Å²) >= 11 is 1.55. The number of amides is 2. The van der Waals surface area contributed by atoms with Crippen molar-refractivity contribution in [3.8, 4) is 0 Å². The quantitative estimate of drug-likeness (QED) is 0.711. The van der Waals surface area contributed by atoms with Gasteiger partial charge in [0, 0.05) is 17.8 Å². The van der Waals surface area contributed by atoms with Gasteiger partial charge < -0.3 is 5.32 Å². The summed E-state index contributed by atoms with van der Waals surface area (Å²) in [7, 11) is 0. The lowest BCUT2D eigenvalue weighted by atomic mass is 10.2. The van der Waals surface area contributed by atoms with Gasteiger partial charge in [0.2, 0.25) is 0 Å². The summed E-state index contributed by atoms with van der Waals surface area (Å²) in [6.07, 6.45) is 3.82. The first-order valence-electron chi connectivity index (χ1n) is 6.42. The standard InChI is InChI=1S/C14H14N4O2S/c19-13(17-20-10-11-4-2-1-3-5-11)15-8-12-9-18-6-7-21-14(18)16-12/h1-7,9H,8,10H2,(H2,15,17,19). The molecule has 3 rings (SSSR count). The molecule has 2 amide bonds. The van der Waals surface area contributed by atoms with Crippen molar-refractivity contribution in [2.45, 2.75) is 13.2 Å². The van der Waals surface area contributed by atoms with E-state index in [2.05, 4.69) is 15.8 Å². The van der Waals surface area contributed by atoms with Gasteiger partial charge in [0.1, 0.15) is 0 Å². The van der Waals surface area contributed by atoms with Gasteiger partial charge in [0.15, 0.2) is 4.96 Å². The van der Waals surface area contributed by atoms with E-state index in [1.807, 2.05) is 52.5 Å². The molecule has 0 saturated heterocycles. The van der Waals surface area contributed by atoms with E-state index in [1.165, 1.54) is 0 Å². The highest BCUT2D eigenvalue weighted by Crippen LogP contribution is 2.10.